The molecule has 0 atom stereocenters. The van der Waals surface area contributed by atoms with E-state index in [1.807, 2.05) is 22.9 Å². The Hall–Kier alpha value is -3.15. The van der Waals surface area contributed by atoms with E-state index in [-0.39, 0.29) is 24.0 Å². The van der Waals surface area contributed by atoms with Crippen LogP contribution in [0, 0.1) is 0 Å². The zero-order chi connectivity index (χ0) is 17.8. The molecule has 0 radical (unpaired) electrons. The Morgan fingerprint density at radius 2 is 2.04 bits per heavy atom. The summed E-state index contributed by atoms with van der Waals surface area (Å²) in [6.07, 6.45) is 4.32. The summed E-state index contributed by atoms with van der Waals surface area (Å²) in [7, 11) is 0. The highest BCUT2D eigenvalue weighted by Crippen LogP contribution is 2.28. The number of pyridine rings is 1. The van der Waals surface area contributed by atoms with Gasteiger partial charge in [0.25, 0.3) is 0 Å². The summed E-state index contributed by atoms with van der Waals surface area (Å²) in [6, 6.07) is 10.8. The molecular weight excluding hydrogens is 318 g/mol. The predicted molar refractivity (Wildman–Crippen MR) is 95.4 cm³/mol. The van der Waals surface area contributed by atoms with Crippen molar-refractivity contribution in [3.63, 3.8) is 0 Å². The second-order valence-corrected chi connectivity index (χ2v) is 5.87. The number of hydrogen-bond donors (Lipinski definition) is 1. The fourth-order valence-corrected chi connectivity index (χ4v) is 2.64. The van der Waals surface area contributed by atoms with Crippen LogP contribution in [-0.2, 0) is 6.61 Å². The van der Waals surface area contributed by atoms with Crippen molar-refractivity contribution in [1.29, 1.82) is 0 Å². The van der Waals surface area contributed by atoms with Gasteiger partial charge in [-0.15, -0.1) is 0 Å². The number of phenolic OH excluding ortho intramolecular Hbond substituents is 1. The van der Waals surface area contributed by atoms with Gasteiger partial charge in [-0.2, -0.15) is 5.10 Å². The maximum Gasteiger partial charge on any atom is 0.320 e. The van der Waals surface area contributed by atoms with Gasteiger partial charge in [0.15, 0.2) is 5.56 Å². The van der Waals surface area contributed by atoms with Gasteiger partial charge in [0.2, 0.25) is 0 Å². The first-order valence-corrected chi connectivity index (χ1v) is 8.01. The van der Waals surface area contributed by atoms with E-state index in [9.17, 15) is 9.90 Å². The minimum atomic E-state index is -0.0377. The van der Waals surface area contributed by atoms with Crippen molar-refractivity contribution in [2.75, 3.05) is 0 Å². The molecule has 0 aliphatic carbocycles. The number of aromatic hydroxyl groups is 1. The molecule has 0 aliphatic rings. The summed E-state index contributed by atoms with van der Waals surface area (Å²) >= 11 is 0. The molecule has 3 rings (SSSR count). The molecule has 128 valence electrons. The van der Waals surface area contributed by atoms with Crippen molar-refractivity contribution in [3.8, 4) is 22.9 Å². The normalized spacial score (nSPS) is 10.8. The molecule has 0 aliphatic heterocycles. The standard InChI is InChI=1S/C19H19N3O3/c1-13(2)22-16(8-10-21-22)19-14(5-4-9-20-19)12-25-18-7-3-6-17(24)15(18)11-23/h3-11,13,24H,12H2,1-2H3/p+1. The number of nitrogens with zero attached hydrogens (tertiary/aromatic N) is 3. The minimum absolute atomic E-state index is 0.0377. The average Bonchev–Trinajstić information content (AvgIpc) is 3.10. The maximum atomic E-state index is 9.80. The van der Waals surface area contributed by atoms with Gasteiger partial charge in [-0.3, -0.25) is 14.5 Å². The molecule has 6 nitrogen and oxygen atoms in total. The summed E-state index contributed by atoms with van der Waals surface area (Å²) in [5.41, 5.74) is 2.85. The number of aldehydes is 1. The third-order valence-corrected chi connectivity index (χ3v) is 3.85. The first-order valence-electron chi connectivity index (χ1n) is 8.01. The van der Waals surface area contributed by atoms with Crippen molar-refractivity contribution in [1.82, 2.24) is 14.8 Å². The van der Waals surface area contributed by atoms with Gasteiger partial charge in [-0.25, -0.2) is 0 Å². The Balaban J connectivity index is 1.91. The van der Waals surface area contributed by atoms with Crippen LogP contribution in [0.5, 0.6) is 11.5 Å². The molecule has 0 spiro atoms. The molecule has 3 aromatic rings. The van der Waals surface area contributed by atoms with E-state index < -0.39 is 0 Å². The van der Waals surface area contributed by atoms with Crippen molar-refractivity contribution in [3.05, 3.63) is 59.9 Å². The fraction of sp³-hybridized carbons (Fsp3) is 0.211. The van der Waals surface area contributed by atoms with Crippen LogP contribution in [-0.4, -0.2) is 31.0 Å². The number of hydrogen-bond acceptors (Lipinski definition) is 4. The number of phenols is 1. The van der Waals surface area contributed by atoms with Crippen LogP contribution in [0.15, 0.2) is 48.8 Å². The molecule has 2 aromatic heterocycles. The number of aromatic nitrogens is 3. The molecule has 0 amide bonds. The lowest BCUT2D eigenvalue weighted by molar-refractivity contribution is 0.303. The van der Waals surface area contributed by atoms with Crippen LogP contribution in [0.4, 0.5) is 0 Å². The van der Waals surface area contributed by atoms with E-state index in [1.54, 1.807) is 24.5 Å². The van der Waals surface area contributed by atoms with Crippen LogP contribution in [0.2, 0.25) is 0 Å². The monoisotopic (exact) mass is 338 g/mol. The van der Waals surface area contributed by atoms with Gasteiger partial charge in [0.05, 0.1) is 11.4 Å². The van der Waals surface area contributed by atoms with Gasteiger partial charge in [0.1, 0.15) is 18.1 Å². The molecular formula is C19H20N3O3+. The Morgan fingerprint density at radius 3 is 2.80 bits per heavy atom. The zero-order valence-corrected chi connectivity index (χ0v) is 14.1. The van der Waals surface area contributed by atoms with Crippen LogP contribution in [0.3, 0.4) is 0 Å². The molecule has 25 heavy (non-hydrogen) atoms. The molecule has 0 bridgehead atoms. The van der Waals surface area contributed by atoms with Gasteiger partial charge in [-0.1, -0.05) is 12.1 Å². The van der Waals surface area contributed by atoms with Crippen molar-refractivity contribution in [2.24, 2.45) is 0 Å². The molecule has 0 saturated carbocycles. The topological polar surface area (TPSA) is 81.6 Å². The number of rotatable bonds is 6. The van der Waals surface area contributed by atoms with E-state index >= 15 is 0 Å². The SMILES string of the molecule is CC(C)n1nccc1-c1ncccc1COc1cccc(O)c1C=[OH+]. The highest BCUT2D eigenvalue weighted by Gasteiger charge is 2.15. The fourth-order valence-electron chi connectivity index (χ4n) is 2.64. The van der Waals surface area contributed by atoms with Gasteiger partial charge in [-0.05, 0) is 38.1 Å². The highest BCUT2D eigenvalue weighted by atomic mass is 16.5. The smallest absolute Gasteiger partial charge is 0.320 e. The average molecular weight is 338 g/mol. The van der Waals surface area contributed by atoms with Gasteiger partial charge < -0.3 is 9.84 Å². The number of carbonyl (C=O) groups excluding carboxylic acids is 1. The first kappa shape index (κ1) is 16.7. The summed E-state index contributed by atoms with van der Waals surface area (Å²) in [6.45, 7) is 4.37. The third-order valence-electron chi connectivity index (χ3n) is 3.85. The molecule has 1 aromatic carbocycles. The largest absolute Gasteiger partial charge is 0.507 e. The summed E-state index contributed by atoms with van der Waals surface area (Å²) < 4.78 is 7.72. The Morgan fingerprint density at radius 1 is 1.20 bits per heavy atom. The molecule has 2 heterocycles. The van der Waals surface area contributed by atoms with Gasteiger partial charge in [0, 0.05) is 24.0 Å². The van der Waals surface area contributed by atoms with E-state index in [0.29, 0.717) is 5.75 Å². The lowest BCUT2D eigenvalue weighted by atomic mass is 10.1. The quantitative estimate of drug-likeness (QED) is 0.552. The van der Waals surface area contributed by atoms with Crippen molar-refractivity contribution >= 4 is 6.29 Å². The van der Waals surface area contributed by atoms with E-state index in [1.165, 1.54) is 6.07 Å². The van der Waals surface area contributed by atoms with E-state index in [0.717, 1.165) is 23.2 Å². The summed E-state index contributed by atoms with van der Waals surface area (Å²) in [5, 5.41) is 14.2. The molecule has 0 fully saturated rings. The van der Waals surface area contributed by atoms with Crippen LogP contribution in [0.1, 0.15) is 31.0 Å². The summed E-state index contributed by atoms with van der Waals surface area (Å²) in [5.74, 6) is 0.360. The lowest BCUT2D eigenvalue weighted by Crippen LogP contribution is -2.08. The van der Waals surface area contributed by atoms with E-state index in [2.05, 4.69) is 23.9 Å². The van der Waals surface area contributed by atoms with Crippen molar-refractivity contribution < 1.29 is 14.6 Å². The maximum absolute atomic E-state index is 9.80. The highest BCUT2D eigenvalue weighted by molar-refractivity contribution is 5.83. The Bertz CT molecular complexity index is 887. The first-order chi connectivity index (χ1) is 12.1. The zero-order valence-electron chi connectivity index (χ0n) is 14.1. The Labute approximate surface area is 145 Å². The predicted octanol–water partition coefficient (Wildman–Crippen LogP) is 3.33. The molecule has 0 unspecified atom stereocenters. The third kappa shape index (κ3) is 3.38. The Kier molecular flexibility index (Phi) is 4.79. The second-order valence-electron chi connectivity index (χ2n) is 5.87. The van der Waals surface area contributed by atoms with Crippen LogP contribution in [0.25, 0.3) is 11.4 Å². The van der Waals surface area contributed by atoms with E-state index in [4.69, 9.17) is 4.74 Å². The number of benzene rings is 1. The number of ether oxygens (including phenoxy) is 1. The van der Waals surface area contributed by atoms with Gasteiger partial charge >= 0.3 is 6.29 Å². The van der Waals surface area contributed by atoms with Crippen LogP contribution < -0.4 is 4.74 Å². The lowest BCUT2D eigenvalue weighted by Gasteiger charge is -2.14. The summed E-state index contributed by atoms with van der Waals surface area (Å²) in [4.78, 5) is 13.8. The second kappa shape index (κ2) is 7.17. The molecule has 2 N–H and O–H groups in total. The molecule has 0 saturated heterocycles. The van der Waals surface area contributed by atoms with Crippen molar-refractivity contribution in [2.45, 2.75) is 26.5 Å². The molecule has 6 heteroatoms. The van der Waals surface area contributed by atoms with Crippen LogP contribution >= 0.6 is 0 Å². The minimum Gasteiger partial charge on any atom is -0.507 e.